The van der Waals surface area contributed by atoms with Crippen LogP contribution >= 0.6 is 0 Å². The summed E-state index contributed by atoms with van der Waals surface area (Å²) in [6.45, 7) is 7.12. The Hall–Kier alpha value is -3.08. The third-order valence-corrected chi connectivity index (χ3v) is 5.41. The summed E-state index contributed by atoms with van der Waals surface area (Å²) < 4.78 is 16.3. The second-order valence-corrected chi connectivity index (χ2v) is 7.72. The van der Waals surface area contributed by atoms with Gasteiger partial charge in [0.15, 0.2) is 0 Å². The molecule has 170 valence electrons. The largest absolute Gasteiger partial charge is 0.419 e. The summed E-state index contributed by atoms with van der Waals surface area (Å²) in [6.07, 6.45) is 0. The summed E-state index contributed by atoms with van der Waals surface area (Å²) in [7, 11) is 1.62. The summed E-state index contributed by atoms with van der Waals surface area (Å²) in [6, 6.07) is 9.79. The number of nitrogens with one attached hydrogen (secondary N) is 1. The molecular weight excluding hydrogens is 412 g/mol. The molecule has 4 rings (SSSR count). The Labute approximate surface area is 186 Å². The molecule has 3 aromatic rings. The molecule has 0 radical (unpaired) electrons. The maximum Gasteiger partial charge on any atom is 0.253 e. The predicted molar refractivity (Wildman–Crippen MR) is 117 cm³/mol. The Balaban J connectivity index is 1.33. The summed E-state index contributed by atoms with van der Waals surface area (Å²) in [5.74, 6) is 1.61. The molecule has 0 bridgehead atoms. The molecule has 3 heterocycles. The molecule has 0 spiro atoms. The summed E-state index contributed by atoms with van der Waals surface area (Å²) >= 11 is 0. The first-order chi connectivity index (χ1) is 15.6. The van der Waals surface area contributed by atoms with Gasteiger partial charge in [0.05, 0.1) is 19.7 Å². The molecule has 0 saturated carbocycles. The average Bonchev–Trinajstić information content (AvgIpc) is 3.42. The fourth-order valence-corrected chi connectivity index (χ4v) is 3.68. The minimum atomic E-state index is 0.0235. The molecule has 2 aromatic heterocycles. The van der Waals surface area contributed by atoms with Crippen molar-refractivity contribution in [2.45, 2.75) is 13.5 Å². The highest BCUT2D eigenvalue weighted by Crippen LogP contribution is 2.33. The maximum atomic E-state index is 12.0. The van der Waals surface area contributed by atoms with Gasteiger partial charge in [-0.1, -0.05) is 35.5 Å². The summed E-state index contributed by atoms with van der Waals surface area (Å²) in [5, 5.41) is 15.5. The van der Waals surface area contributed by atoms with Gasteiger partial charge in [-0.2, -0.15) is 0 Å². The molecule has 10 heteroatoms. The molecule has 10 nitrogen and oxygen atoms in total. The minimum absolute atomic E-state index is 0.0235. The van der Waals surface area contributed by atoms with Crippen molar-refractivity contribution < 1.29 is 18.5 Å². The number of hydrogen-bond donors (Lipinski definition) is 1. The number of nitrogens with zero attached hydrogens (tertiary/aromatic N) is 5. The predicted octanol–water partition coefficient (Wildman–Crippen LogP) is 1.58. The molecule has 1 aliphatic heterocycles. The van der Waals surface area contributed by atoms with E-state index in [1.165, 1.54) is 0 Å². The van der Waals surface area contributed by atoms with Crippen LogP contribution in [0.5, 0.6) is 0 Å². The Morgan fingerprint density at radius 2 is 1.88 bits per heavy atom. The lowest BCUT2D eigenvalue weighted by molar-refractivity contribution is -0.122. The highest BCUT2D eigenvalue weighted by Gasteiger charge is 2.24. The fourth-order valence-electron chi connectivity index (χ4n) is 3.68. The Bertz CT molecular complexity index is 1010. The standard InChI is InChI=1S/C22H28N6O4/c1-16-20(21(26-32-16)17-6-4-3-5-7-17)22-25-24-19(31-22)15-28-11-9-27(10-12-28)14-18(29)23-8-13-30-2/h3-7H,8-15H2,1-2H3,(H,23,29). The van der Waals surface area contributed by atoms with E-state index in [4.69, 9.17) is 13.7 Å². The molecule has 1 saturated heterocycles. The van der Waals surface area contributed by atoms with Crippen LogP contribution in [0.3, 0.4) is 0 Å². The van der Waals surface area contributed by atoms with E-state index in [-0.39, 0.29) is 5.91 Å². The van der Waals surface area contributed by atoms with Crippen molar-refractivity contribution >= 4 is 5.91 Å². The maximum absolute atomic E-state index is 12.0. The quantitative estimate of drug-likeness (QED) is 0.496. The third kappa shape index (κ3) is 5.39. The lowest BCUT2D eigenvalue weighted by atomic mass is 10.1. The smallest absolute Gasteiger partial charge is 0.253 e. The highest BCUT2D eigenvalue weighted by atomic mass is 16.5. The van der Waals surface area contributed by atoms with Crippen LogP contribution < -0.4 is 5.32 Å². The molecule has 0 unspecified atom stereocenters. The van der Waals surface area contributed by atoms with Gasteiger partial charge in [0.1, 0.15) is 17.0 Å². The van der Waals surface area contributed by atoms with E-state index in [1.807, 2.05) is 37.3 Å². The van der Waals surface area contributed by atoms with Crippen molar-refractivity contribution in [3.8, 4) is 22.7 Å². The highest BCUT2D eigenvalue weighted by molar-refractivity contribution is 5.78. The van der Waals surface area contributed by atoms with Crippen LogP contribution in [-0.2, 0) is 16.1 Å². The van der Waals surface area contributed by atoms with Crippen LogP contribution in [-0.4, -0.2) is 84.0 Å². The number of carbonyl (C=O) groups is 1. The molecule has 1 aliphatic rings. The second kappa shape index (κ2) is 10.5. The van der Waals surface area contributed by atoms with Gasteiger partial charge in [-0.15, -0.1) is 10.2 Å². The van der Waals surface area contributed by atoms with Crippen molar-refractivity contribution in [1.82, 2.24) is 30.5 Å². The van der Waals surface area contributed by atoms with Crippen molar-refractivity contribution in [2.24, 2.45) is 0 Å². The Morgan fingerprint density at radius 3 is 2.62 bits per heavy atom. The molecule has 1 N–H and O–H groups in total. The number of methoxy groups -OCH3 is 1. The van der Waals surface area contributed by atoms with E-state index in [1.54, 1.807) is 7.11 Å². The van der Waals surface area contributed by atoms with Gasteiger partial charge in [0, 0.05) is 45.4 Å². The number of benzene rings is 1. The fraction of sp³-hybridized carbons (Fsp3) is 0.455. The molecule has 32 heavy (non-hydrogen) atoms. The zero-order valence-corrected chi connectivity index (χ0v) is 18.4. The number of carbonyl (C=O) groups excluding carboxylic acids is 1. The number of amides is 1. The van der Waals surface area contributed by atoms with Crippen molar-refractivity contribution in [3.05, 3.63) is 42.0 Å². The Morgan fingerprint density at radius 1 is 1.12 bits per heavy atom. The summed E-state index contributed by atoms with van der Waals surface area (Å²) in [5.41, 5.74) is 2.34. The van der Waals surface area contributed by atoms with E-state index in [9.17, 15) is 4.79 Å². The van der Waals surface area contributed by atoms with E-state index in [0.717, 1.165) is 37.3 Å². The monoisotopic (exact) mass is 440 g/mol. The van der Waals surface area contributed by atoms with Gasteiger partial charge in [-0.05, 0) is 6.92 Å². The van der Waals surface area contributed by atoms with Gasteiger partial charge in [-0.25, -0.2) is 0 Å². The van der Waals surface area contributed by atoms with Gasteiger partial charge >= 0.3 is 0 Å². The van der Waals surface area contributed by atoms with E-state index in [2.05, 4.69) is 30.5 Å². The van der Waals surface area contributed by atoms with Crippen LogP contribution in [0.25, 0.3) is 22.7 Å². The molecule has 0 aliphatic carbocycles. The lowest BCUT2D eigenvalue weighted by Gasteiger charge is -2.33. The first-order valence-electron chi connectivity index (χ1n) is 10.7. The van der Waals surface area contributed by atoms with Crippen molar-refractivity contribution in [3.63, 3.8) is 0 Å². The first kappa shape index (κ1) is 22.1. The number of aromatic nitrogens is 3. The average molecular weight is 441 g/mol. The first-order valence-corrected chi connectivity index (χ1v) is 10.7. The molecule has 0 atom stereocenters. The topological polar surface area (TPSA) is 110 Å². The van der Waals surface area contributed by atoms with Gasteiger partial charge < -0.3 is 19.0 Å². The lowest BCUT2D eigenvalue weighted by Crippen LogP contribution is -2.49. The van der Waals surface area contributed by atoms with Crippen LogP contribution in [0.4, 0.5) is 0 Å². The number of aryl methyl sites for hydroxylation is 1. The van der Waals surface area contributed by atoms with Gasteiger partial charge in [0.2, 0.25) is 11.8 Å². The van der Waals surface area contributed by atoms with E-state index in [0.29, 0.717) is 49.5 Å². The van der Waals surface area contributed by atoms with E-state index >= 15 is 0 Å². The normalized spacial score (nSPS) is 15.2. The third-order valence-electron chi connectivity index (χ3n) is 5.41. The van der Waals surface area contributed by atoms with Crippen molar-refractivity contribution in [2.75, 3.05) is 53.0 Å². The summed E-state index contributed by atoms with van der Waals surface area (Å²) in [4.78, 5) is 16.4. The molecular formula is C22H28N6O4. The number of rotatable bonds is 9. The van der Waals surface area contributed by atoms with Gasteiger partial charge in [-0.3, -0.25) is 14.6 Å². The minimum Gasteiger partial charge on any atom is -0.419 e. The zero-order chi connectivity index (χ0) is 22.3. The Kier molecular flexibility index (Phi) is 7.25. The van der Waals surface area contributed by atoms with Crippen molar-refractivity contribution in [1.29, 1.82) is 0 Å². The van der Waals surface area contributed by atoms with Crippen LogP contribution in [0.15, 0.2) is 39.3 Å². The van der Waals surface area contributed by atoms with Crippen LogP contribution in [0.2, 0.25) is 0 Å². The molecule has 1 fully saturated rings. The molecule has 1 amide bonds. The number of piperazine rings is 1. The van der Waals surface area contributed by atoms with E-state index < -0.39 is 0 Å². The number of ether oxygens (including phenoxy) is 1. The van der Waals surface area contributed by atoms with Gasteiger partial charge in [0.25, 0.3) is 5.89 Å². The molecule has 1 aromatic carbocycles. The second-order valence-electron chi connectivity index (χ2n) is 7.72. The van der Waals surface area contributed by atoms with Crippen LogP contribution in [0.1, 0.15) is 11.7 Å². The SMILES string of the molecule is COCCNC(=O)CN1CCN(Cc2nnc(-c3c(-c4ccccc4)noc3C)o2)CC1. The number of hydrogen-bond acceptors (Lipinski definition) is 9. The van der Waals surface area contributed by atoms with Crippen LogP contribution in [0, 0.1) is 6.92 Å². The zero-order valence-electron chi connectivity index (χ0n) is 18.4.